The first-order chi connectivity index (χ1) is 14.4. The van der Waals surface area contributed by atoms with E-state index >= 15 is 0 Å². The Morgan fingerprint density at radius 3 is 2.41 bits per heavy atom. The van der Waals surface area contributed by atoms with Gasteiger partial charge in [-0.15, -0.1) is 11.3 Å². The van der Waals surface area contributed by atoms with Gasteiger partial charge in [0.25, 0.3) is 0 Å². The minimum atomic E-state index is 1.03. The lowest BCUT2D eigenvalue weighted by molar-refractivity contribution is 1.41. The number of nitrogens with zero attached hydrogens (tertiary/aromatic N) is 1. The van der Waals surface area contributed by atoms with Crippen molar-refractivity contribution in [1.29, 1.82) is 0 Å². The van der Waals surface area contributed by atoms with E-state index < -0.39 is 0 Å². The summed E-state index contributed by atoms with van der Waals surface area (Å²) in [5, 5.41) is 3.85. The number of pyridine rings is 1. The molecule has 0 atom stereocenters. The molecule has 2 heteroatoms. The highest BCUT2D eigenvalue weighted by molar-refractivity contribution is 7.26. The van der Waals surface area contributed by atoms with Gasteiger partial charge in [-0.25, -0.2) is 0 Å². The predicted molar refractivity (Wildman–Crippen MR) is 126 cm³/mol. The maximum atomic E-state index is 4.44. The molecule has 0 aliphatic heterocycles. The molecule has 4 aromatic carbocycles. The second kappa shape index (κ2) is 6.54. The topological polar surface area (TPSA) is 12.9 Å². The van der Waals surface area contributed by atoms with Crippen LogP contribution in [0.5, 0.6) is 0 Å². The maximum Gasteiger partial charge on any atom is 0.0702 e. The molecule has 29 heavy (non-hydrogen) atoms. The minimum Gasteiger partial charge on any atom is -0.256 e. The summed E-state index contributed by atoms with van der Waals surface area (Å²) < 4.78 is 2.70. The normalized spacial score (nSPS) is 11.4. The van der Waals surface area contributed by atoms with Crippen LogP contribution < -0.4 is 0 Å². The largest absolute Gasteiger partial charge is 0.256 e. The highest BCUT2D eigenvalue weighted by Gasteiger charge is 2.10. The SMILES string of the molecule is c1cc(-c2ccc3ncccc3c2)cc(-c2cccc3c2sc2ccccc23)c1. The van der Waals surface area contributed by atoms with Gasteiger partial charge in [-0.05, 0) is 52.6 Å². The van der Waals surface area contributed by atoms with E-state index in [0.29, 0.717) is 0 Å². The summed E-state index contributed by atoms with van der Waals surface area (Å²) in [5.41, 5.74) is 6.03. The van der Waals surface area contributed by atoms with Crippen LogP contribution in [-0.2, 0) is 0 Å². The third kappa shape index (κ3) is 2.72. The van der Waals surface area contributed by atoms with E-state index in [9.17, 15) is 0 Å². The number of hydrogen-bond acceptors (Lipinski definition) is 2. The van der Waals surface area contributed by atoms with Crippen molar-refractivity contribution >= 4 is 42.4 Å². The van der Waals surface area contributed by atoms with Gasteiger partial charge in [-0.3, -0.25) is 4.98 Å². The van der Waals surface area contributed by atoms with Crippen LogP contribution in [0.1, 0.15) is 0 Å². The molecular formula is C27H17NS. The summed E-state index contributed by atoms with van der Waals surface area (Å²) in [6.07, 6.45) is 1.84. The standard InChI is InChI=1S/C27H17NS/c1-2-12-26-23(9-1)24-11-4-10-22(27(24)29-26)20-7-3-6-18(16-20)19-13-14-25-21(17-19)8-5-15-28-25/h1-17H. The fraction of sp³-hybridized carbons (Fsp3) is 0. The number of thiophene rings is 1. The van der Waals surface area contributed by atoms with Crippen LogP contribution in [0.4, 0.5) is 0 Å². The molecular weight excluding hydrogens is 370 g/mol. The third-order valence-electron chi connectivity index (χ3n) is 5.51. The Morgan fingerprint density at radius 2 is 1.41 bits per heavy atom. The lowest BCUT2D eigenvalue weighted by Crippen LogP contribution is -1.83. The molecule has 2 heterocycles. The minimum absolute atomic E-state index is 1.03. The van der Waals surface area contributed by atoms with Crippen LogP contribution in [0.25, 0.3) is 53.3 Å². The smallest absolute Gasteiger partial charge is 0.0702 e. The van der Waals surface area contributed by atoms with Crippen molar-refractivity contribution < 1.29 is 0 Å². The first-order valence-corrected chi connectivity index (χ1v) is 10.5. The van der Waals surface area contributed by atoms with Crippen molar-refractivity contribution in [3.63, 3.8) is 0 Å². The molecule has 0 spiro atoms. The molecule has 136 valence electrons. The molecule has 0 unspecified atom stereocenters. The van der Waals surface area contributed by atoms with E-state index in [0.717, 1.165) is 5.52 Å². The first-order valence-electron chi connectivity index (χ1n) is 9.73. The fourth-order valence-corrected chi connectivity index (χ4v) is 5.33. The molecule has 0 N–H and O–H groups in total. The molecule has 0 saturated carbocycles. The van der Waals surface area contributed by atoms with Gasteiger partial charge in [-0.2, -0.15) is 0 Å². The number of rotatable bonds is 2. The third-order valence-corrected chi connectivity index (χ3v) is 6.73. The second-order valence-electron chi connectivity index (χ2n) is 7.27. The fourth-order valence-electron chi connectivity index (χ4n) is 4.10. The van der Waals surface area contributed by atoms with Crippen LogP contribution in [0.2, 0.25) is 0 Å². The Hall–Kier alpha value is -3.49. The van der Waals surface area contributed by atoms with Crippen LogP contribution >= 0.6 is 11.3 Å². The summed E-state index contributed by atoms with van der Waals surface area (Å²) in [7, 11) is 0. The average Bonchev–Trinajstić information content (AvgIpc) is 3.18. The van der Waals surface area contributed by atoms with Gasteiger partial charge in [0.15, 0.2) is 0 Å². The van der Waals surface area contributed by atoms with E-state index in [1.54, 1.807) is 0 Å². The Kier molecular flexibility index (Phi) is 3.71. The van der Waals surface area contributed by atoms with Crippen molar-refractivity contribution in [2.75, 3.05) is 0 Å². The quantitative estimate of drug-likeness (QED) is 0.294. The molecule has 2 aromatic heterocycles. The lowest BCUT2D eigenvalue weighted by atomic mass is 9.97. The first kappa shape index (κ1) is 16.5. The molecule has 0 bridgehead atoms. The predicted octanol–water partition coefficient (Wildman–Crippen LogP) is 7.94. The highest BCUT2D eigenvalue weighted by atomic mass is 32.1. The van der Waals surface area contributed by atoms with Gasteiger partial charge >= 0.3 is 0 Å². The Bertz CT molecular complexity index is 1510. The van der Waals surface area contributed by atoms with Crippen molar-refractivity contribution in [3.05, 3.63) is 103 Å². The van der Waals surface area contributed by atoms with Gasteiger partial charge in [0.2, 0.25) is 0 Å². The zero-order valence-electron chi connectivity index (χ0n) is 15.7. The number of fused-ring (bicyclic) bond motifs is 4. The molecule has 0 radical (unpaired) electrons. The molecule has 0 amide bonds. The lowest BCUT2D eigenvalue weighted by Gasteiger charge is -2.08. The van der Waals surface area contributed by atoms with E-state index in [1.165, 1.54) is 47.8 Å². The Labute approximate surface area is 172 Å². The summed E-state index contributed by atoms with van der Waals surface area (Å²) >= 11 is 1.88. The van der Waals surface area contributed by atoms with E-state index in [-0.39, 0.29) is 0 Å². The highest BCUT2D eigenvalue weighted by Crippen LogP contribution is 2.40. The van der Waals surface area contributed by atoms with Crippen LogP contribution in [0.15, 0.2) is 103 Å². The number of aromatic nitrogens is 1. The van der Waals surface area contributed by atoms with Crippen molar-refractivity contribution in [1.82, 2.24) is 4.98 Å². The van der Waals surface area contributed by atoms with E-state index in [4.69, 9.17) is 0 Å². The van der Waals surface area contributed by atoms with E-state index in [2.05, 4.69) is 96.0 Å². The second-order valence-corrected chi connectivity index (χ2v) is 8.32. The zero-order valence-corrected chi connectivity index (χ0v) is 16.5. The van der Waals surface area contributed by atoms with Crippen LogP contribution in [-0.4, -0.2) is 4.98 Å². The van der Waals surface area contributed by atoms with Crippen molar-refractivity contribution in [2.24, 2.45) is 0 Å². The Balaban J connectivity index is 1.53. The summed E-state index contributed by atoms with van der Waals surface area (Å²) in [4.78, 5) is 4.44. The molecule has 6 aromatic rings. The van der Waals surface area contributed by atoms with Gasteiger partial charge in [0.1, 0.15) is 0 Å². The van der Waals surface area contributed by atoms with Crippen LogP contribution in [0, 0.1) is 0 Å². The summed E-state index contributed by atoms with van der Waals surface area (Å²) in [6.45, 7) is 0. The van der Waals surface area contributed by atoms with Crippen molar-refractivity contribution in [3.8, 4) is 22.3 Å². The maximum absolute atomic E-state index is 4.44. The molecule has 0 fully saturated rings. The Morgan fingerprint density at radius 1 is 0.586 bits per heavy atom. The number of benzene rings is 4. The van der Waals surface area contributed by atoms with Gasteiger partial charge in [-0.1, -0.05) is 66.7 Å². The monoisotopic (exact) mass is 387 g/mol. The number of hydrogen-bond donors (Lipinski definition) is 0. The van der Waals surface area contributed by atoms with Crippen LogP contribution in [0.3, 0.4) is 0 Å². The summed E-state index contributed by atoms with van der Waals surface area (Å²) in [5.74, 6) is 0. The van der Waals surface area contributed by atoms with E-state index in [1.807, 2.05) is 23.6 Å². The molecule has 1 nitrogen and oxygen atoms in total. The van der Waals surface area contributed by atoms with Gasteiger partial charge < -0.3 is 0 Å². The molecule has 0 aliphatic rings. The van der Waals surface area contributed by atoms with Gasteiger partial charge in [0.05, 0.1) is 5.52 Å². The van der Waals surface area contributed by atoms with Gasteiger partial charge in [0, 0.05) is 31.8 Å². The molecule has 6 rings (SSSR count). The average molecular weight is 388 g/mol. The summed E-state index contributed by atoms with van der Waals surface area (Å²) in [6, 6.07) is 34.8. The zero-order chi connectivity index (χ0) is 19.2. The molecule has 0 saturated heterocycles. The molecule has 0 aliphatic carbocycles. The van der Waals surface area contributed by atoms with Crippen molar-refractivity contribution in [2.45, 2.75) is 0 Å².